The molecule has 4 aromatic carbocycles. The maximum absolute atomic E-state index is 13.6. The van der Waals surface area contributed by atoms with Crippen LogP contribution in [0.15, 0.2) is 122 Å². The van der Waals surface area contributed by atoms with Crippen molar-refractivity contribution in [2.45, 2.75) is 71.3 Å². The van der Waals surface area contributed by atoms with E-state index in [0.717, 1.165) is 25.3 Å². The first-order valence-corrected chi connectivity index (χ1v) is 24.5. The molecule has 7 aromatic rings. The van der Waals surface area contributed by atoms with Gasteiger partial charge in [-0.05, 0) is 95.8 Å². The quantitative estimate of drug-likeness (QED) is 0.0418. The molecule has 0 saturated carbocycles. The smallest absolute Gasteiger partial charge is 0.466 e. The second kappa shape index (κ2) is 25.6. The Labute approximate surface area is 449 Å². The van der Waals surface area contributed by atoms with Crippen LogP contribution in [0.2, 0.25) is 10.0 Å². The average Bonchev–Trinajstić information content (AvgIpc) is 4.11. The van der Waals surface area contributed by atoms with Gasteiger partial charge in [-0.2, -0.15) is 0 Å². The van der Waals surface area contributed by atoms with Crippen LogP contribution in [0.25, 0.3) is 33.9 Å². The van der Waals surface area contributed by atoms with E-state index in [2.05, 4.69) is 9.47 Å². The number of benzene rings is 4. The minimum absolute atomic E-state index is 0.00505. The Bertz CT molecular complexity index is 3550. The number of fused-ring (bicyclic) bond motifs is 2. The number of hydrogen-bond donors (Lipinski definition) is 0. The summed E-state index contributed by atoms with van der Waals surface area (Å²) in [7, 11) is 3.03. The Morgan fingerprint density at radius 2 is 1.09 bits per heavy atom. The molecule has 0 saturated heterocycles. The van der Waals surface area contributed by atoms with Gasteiger partial charge in [-0.25, -0.2) is 9.59 Å². The number of carbonyl (C=O) groups excluding carboxylic acids is 2. The van der Waals surface area contributed by atoms with Gasteiger partial charge < -0.3 is 23.5 Å². The maximum atomic E-state index is 13.6. The number of aromatic nitrogens is 5. The summed E-state index contributed by atoms with van der Waals surface area (Å²) in [6.07, 6.45) is -7.37. The fraction of sp³-hybridized carbons (Fsp3) is 0.283. The number of allylic oxidation sites excluding steroid dienone is 1. The second-order valence-electron chi connectivity index (χ2n) is 17.1. The third kappa shape index (κ3) is 15.8. The third-order valence-electron chi connectivity index (χ3n) is 11.6. The van der Waals surface area contributed by atoms with Crippen LogP contribution in [0.1, 0.15) is 54.6 Å². The van der Waals surface area contributed by atoms with E-state index in [1.54, 1.807) is 53.1 Å². The third-order valence-corrected chi connectivity index (χ3v) is 12.4. The predicted molar refractivity (Wildman–Crippen MR) is 278 cm³/mol. The van der Waals surface area contributed by atoms with Gasteiger partial charge in [0.1, 0.15) is 17.0 Å². The van der Waals surface area contributed by atoms with Crippen molar-refractivity contribution in [1.82, 2.24) is 22.8 Å². The number of ether oxygens (including phenoxy) is 4. The average molecular weight is 1140 g/mol. The summed E-state index contributed by atoms with van der Waals surface area (Å²) in [4.78, 5) is 74.0. The molecular weight excluding hydrogens is 1090 g/mol. The molecule has 15 nitrogen and oxygen atoms in total. The lowest BCUT2D eigenvalue weighted by molar-refractivity contribution is -0.275. The summed E-state index contributed by atoms with van der Waals surface area (Å²) >= 11 is 17.2. The molecule has 1 aliphatic rings. The molecule has 3 aromatic heterocycles. The highest BCUT2D eigenvalue weighted by Gasteiger charge is 2.33. The van der Waals surface area contributed by atoms with Crippen LogP contribution in [0.5, 0.6) is 11.5 Å². The molecule has 1 aliphatic carbocycles. The van der Waals surface area contributed by atoms with Crippen molar-refractivity contribution in [2.75, 3.05) is 13.2 Å². The molecule has 0 radical (unpaired) electrons. The molecule has 408 valence electrons. The van der Waals surface area contributed by atoms with Crippen molar-refractivity contribution < 1.29 is 54.9 Å². The van der Waals surface area contributed by atoms with Gasteiger partial charge in [-0.15, -0.1) is 37.9 Å². The normalized spacial score (nSPS) is 11.9. The predicted octanol–water partition coefficient (Wildman–Crippen LogP) is 10.3. The summed E-state index contributed by atoms with van der Waals surface area (Å²) in [5.74, 6) is -1.16. The summed E-state index contributed by atoms with van der Waals surface area (Å²) in [5.41, 5.74) is 2.84. The van der Waals surface area contributed by atoms with Gasteiger partial charge in [-0.1, -0.05) is 71.7 Å². The SMILES string of the molecule is CC(=O)OCCCn1c(=O)c2c(cc(-c3cccc(OC(F)(F)F)c3)n2Cc2ccc(Cl)cc2)n(C)c1=O.CC(=O)OCCCn1c(=O)c2c(n(C)c1=O)C=C(c1cccc(OC(F)(F)F)c1)C2.ClCc1ccc(Cl)cc1. The van der Waals surface area contributed by atoms with Gasteiger partial charge >= 0.3 is 36.0 Å². The van der Waals surface area contributed by atoms with Crippen LogP contribution in [0.3, 0.4) is 0 Å². The van der Waals surface area contributed by atoms with E-state index in [-0.39, 0.29) is 57.0 Å². The van der Waals surface area contributed by atoms with E-state index in [9.17, 15) is 55.1 Å². The molecule has 0 N–H and O–H groups in total. The monoisotopic (exact) mass is 1130 g/mol. The molecule has 0 bridgehead atoms. The molecule has 8 rings (SSSR count). The minimum atomic E-state index is -4.88. The number of nitrogens with zero attached hydrogens (tertiary/aromatic N) is 5. The molecule has 0 aliphatic heterocycles. The topological polar surface area (TPSA) is 164 Å². The van der Waals surface area contributed by atoms with Crippen molar-refractivity contribution in [3.8, 4) is 22.8 Å². The largest absolute Gasteiger partial charge is 0.573 e. The molecule has 77 heavy (non-hydrogen) atoms. The Morgan fingerprint density at radius 3 is 1.60 bits per heavy atom. The number of hydrogen-bond acceptors (Lipinski definition) is 10. The van der Waals surface area contributed by atoms with Crippen LogP contribution >= 0.6 is 34.8 Å². The second-order valence-corrected chi connectivity index (χ2v) is 18.2. The van der Waals surface area contributed by atoms with Crippen LogP contribution in [0.4, 0.5) is 26.3 Å². The first-order chi connectivity index (χ1) is 36.3. The molecule has 0 fully saturated rings. The zero-order chi connectivity index (χ0) is 56.4. The van der Waals surface area contributed by atoms with Gasteiger partial charge in [0.15, 0.2) is 0 Å². The van der Waals surface area contributed by atoms with E-state index in [1.165, 1.54) is 73.5 Å². The Balaban J connectivity index is 0.000000218. The van der Waals surface area contributed by atoms with Crippen molar-refractivity contribution >= 4 is 69.4 Å². The van der Waals surface area contributed by atoms with Crippen molar-refractivity contribution in [2.24, 2.45) is 14.1 Å². The summed E-state index contributed by atoms with van der Waals surface area (Å²) in [6.45, 7) is 2.89. The summed E-state index contributed by atoms with van der Waals surface area (Å²) in [6, 6.07) is 26.8. The number of aryl methyl sites for hydroxylation is 1. The Hall–Kier alpha value is -7.49. The van der Waals surface area contributed by atoms with Gasteiger partial charge in [0, 0.05) is 81.1 Å². The fourth-order valence-electron chi connectivity index (χ4n) is 8.07. The lowest BCUT2D eigenvalue weighted by Gasteiger charge is -2.14. The van der Waals surface area contributed by atoms with E-state index in [0.29, 0.717) is 56.5 Å². The van der Waals surface area contributed by atoms with E-state index in [1.807, 2.05) is 24.3 Å². The highest BCUT2D eigenvalue weighted by Crippen LogP contribution is 2.34. The zero-order valence-corrected chi connectivity index (χ0v) is 43.7. The van der Waals surface area contributed by atoms with Gasteiger partial charge in [0.2, 0.25) is 0 Å². The van der Waals surface area contributed by atoms with Gasteiger partial charge in [0.05, 0.1) is 30.1 Å². The summed E-state index contributed by atoms with van der Waals surface area (Å²) < 4.78 is 100. The lowest BCUT2D eigenvalue weighted by atomic mass is 10.0. The Morgan fingerprint density at radius 1 is 0.610 bits per heavy atom. The number of alkyl halides is 7. The van der Waals surface area contributed by atoms with Crippen LogP contribution in [-0.2, 0) is 65.1 Å². The first-order valence-electron chi connectivity index (χ1n) is 23.2. The standard InChI is InChI=1S/C26H23ClF3N3O5.C20H19F3N2O5.C7H6Cl2/c1-16(34)37-12-4-11-32-24(35)23-22(31(2)25(32)36)14-21(33(23)15-17-7-9-19(27)10-8-17)18-5-3-6-20(13-18)38-26(28,29)30;1-12(26)29-8-4-7-25-18(27)16-10-14(11-17(16)24(2)19(25)28)13-5-3-6-15(9-13)30-20(21,22)23;8-5-6-1-3-7(9)4-2-6/h3,5-10,13-14H,4,11-12,15H2,1-2H3;3,5-6,9,11H,4,7-8,10H2,1-2H3;1-4H,5H2. The van der Waals surface area contributed by atoms with Crippen molar-refractivity contribution in [3.63, 3.8) is 0 Å². The van der Waals surface area contributed by atoms with E-state index < -0.39 is 52.9 Å². The van der Waals surface area contributed by atoms with E-state index in [4.69, 9.17) is 44.3 Å². The van der Waals surface area contributed by atoms with Gasteiger partial charge in [0.25, 0.3) is 11.1 Å². The fourth-order valence-corrected chi connectivity index (χ4v) is 8.50. The molecule has 24 heteroatoms. The maximum Gasteiger partial charge on any atom is 0.573 e. The highest BCUT2D eigenvalue weighted by molar-refractivity contribution is 6.30. The first kappa shape index (κ1) is 58.8. The minimum Gasteiger partial charge on any atom is -0.466 e. The van der Waals surface area contributed by atoms with E-state index >= 15 is 0 Å². The van der Waals surface area contributed by atoms with Crippen LogP contribution < -0.4 is 32.0 Å². The molecular formula is C53H48Cl3F6N5O10. The highest BCUT2D eigenvalue weighted by atomic mass is 35.5. The van der Waals surface area contributed by atoms with Crippen LogP contribution in [-0.4, -0.2) is 60.7 Å². The number of halogens is 9. The van der Waals surface area contributed by atoms with Gasteiger partial charge in [-0.3, -0.25) is 37.4 Å². The Kier molecular flexibility index (Phi) is 19.5. The van der Waals surface area contributed by atoms with Crippen molar-refractivity contribution in [3.05, 3.63) is 183 Å². The molecule has 3 heterocycles. The molecule has 0 atom stereocenters. The van der Waals surface area contributed by atoms with Crippen molar-refractivity contribution in [1.29, 1.82) is 0 Å². The number of rotatable bonds is 15. The molecule has 0 unspecified atom stereocenters. The number of esters is 2. The zero-order valence-electron chi connectivity index (χ0n) is 41.5. The summed E-state index contributed by atoms with van der Waals surface area (Å²) in [5, 5.41) is 1.27. The van der Waals surface area contributed by atoms with Crippen LogP contribution in [0, 0.1) is 0 Å². The molecule has 0 spiro atoms. The molecule has 0 amide bonds. The lowest BCUT2D eigenvalue weighted by Crippen LogP contribution is -2.41. The number of carbonyl (C=O) groups is 2.